The number of hydrogen-bond donors (Lipinski definition) is 0. The summed E-state index contributed by atoms with van der Waals surface area (Å²) in [4.78, 5) is 0. The van der Waals surface area contributed by atoms with E-state index in [1.165, 1.54) is 36.8 Å². The molecule has 0 spiro atoms. The van der Waals surface area contributed by atoms with Crippen LogP contribution in [0.3, 0.4) is 0 Å². The van der Waals surface area contributed by atoms with Crippen LogP contribution >= 0.6 is 0 Å². The Kier molecular flexibility index (Phi) is 26.6. The van der Waals surface area contributed by atoms with Crippen molar-refractivity contribution < 1.29 is 25.8 Å². The third-order valence-electron chi connectivity index (χ3n) is 2.54. The van der Waals surface area contributed by atoms with Gasteiger partial charge in [0.1, 0.15) is 0 Å². The SMILES string of the molecule is CCC[c-]1cccc1.CCC[c-]1cccc1.[CH2-]C.[CH2-]C.[Hf+4]. The van der Waals surface area contributed by atoms with Crippen LogP contribution in [0.5, 0.6) is 0 Å². The predicted octanol–water partition coefficient (Wildman–Crippen LogP) is 6.39. The van der Waals surface area contributed by atoms with Crippen molar-refractivity contribution in [1.29, 1.82) is 0 Å². The summed E-state index contributed by atoms with van der Waals surface area (Å²) < 4.78 is 0. The minimum atomic E-state index is 0. The molecule has 0 aliphatic carbocycles. The van der Waals surface area contributed by atoms with E-state index in [0.29, 0.717) is 0 Å². The average molecular weight is 451 g/mol. The van der Waals surface area contributed by atoms with E-state index in [2.05, 4.69) is 76.2 Å². The van der Waals surface area contributed by atoms with Gasteiger partial charge in [0.05, 0.1) is 0 Å². The second kappa shape index (κ2) is 21.9. The quantitative estimate of drug-likeness (QED) is 0.373. The van der Waals surface area contributed by atoms with Crippen LogP contribution in [0, 0.1) is 13.8 Å². The van der Waals surface area contributed by atoms with Gasteiger partial charge in [-0.05, 0) is 0 Å². The van der Waals surface area contributed by atoms with Gasteiger partial charge in [0.25, 0.3) is 0 Å². The number of aryl methyl sites for hydroxylation is 2. The first-order chi connectivity index (χ1) is 9.86. The average Bonchev–Trinajstić information content (AvgIpc) is 3.19. The number of hydrogen-bond acceptors (Lipinski definition) is 0. The third-order valence-corrected chi connectivity index (χ3v) is 2.54. The number of rotatable bonds is 4. The zero-order valence-corrected chi connectivity index (χ0v) is 18.0. The van der Waals surface area contributed by atoms with Gasteiger partial charge in [-0.2, -0.15) is 49.2 Å². The molecule has 0 unspecified atom stereocenters. The van der Waals surface area contributed by atoms with Gasteiger partial charge in [0.15, 0.2) is 0 Å². The van der Waals surface area contributed by atoms with Gasteiger partial charge in [-0.3, -0.25) is 0 Å². The molecule has 0 aliphatic heterocycles. The van der Waals surface area contributed by atoms with Crippen LogP contribution in [0.2, 0.25) is 0 Å². The minimum absolute atomic E-state index is 0. The molecule has 116 valence electrons. The smallest absolute Gasteiger partial charge is 0.346 e. The van der Waals surface area contributed by atoms with Gasteiger partial charge < -0.3 is 13.8 Å². The minimum Gasteiger partial charge on any atom is -0.346 e. The second-order valence-electron chi connectivity index (χ2n) is 4.09. The van der Waals surface area contributed by atoms with E-state index in [-0.39, 0.29) is 25.8 Å². The molecule has 0 fully saturated rings. The summed E-state index contributed by atoms with van der Waals surface area (Å²) in [6, 6.07) is 17.0. The van der Waals surface area contributed by atoms with Crippen molar-refractivity contribution in [3.05, 3.63) is 73.5 Å². The molecular formula is C20H32Hf. The fourth-order valence-electron chi connectivity index (χ4n) is 1.74. The van der Waals surface area contributed by atoms with Crippen LogP contribution in [0.25, 0.3) is 0 Å². The maximum Gasteiger partial charge on any atom is 4.00 e. The molecule has 2 rings (SSSR count). The van der Waals surface area contributed by atoms with E-state index in [4.69, 9.17) is 0 Å². The summed E-state index contributed by atoms with van der Waals surface area (Å²) in [5, 5.41) is 0. The molecule has 0 atom stereocenters. The Morgan fingerprint density at radius 3 is 1.05 bits per heavy atom. The summed E-state index contributed by atoms with van der Waals surface area (Å²) >= 11 is 0. The maximum atomic E-state index is 3.25. The van der Waals surface area contributed by atoms with Crippen LogP contribution in [0.1, 0.15) is 51.7 Å². The Bertz CT molecular complexity index is 294. The molecule has 0 nitrogen and oxygen atoms in total. The molecule has 0 aromatic heterocycles. The van der Waals surface area contributed by atoms with Crippen molar-refractivity contribution in [2.75, 3.05) is 0 Å². The van der Waals surface area contributed by atoms with Crippen molar-refractivity contribution in [1.82, 2.24) is 0 Å². The third kappa shape index (κ3) is 15.8. The van der Waals surface area contributed by atoms with E-state index in [1.807, 2.05) is 0 Å². The monoisotopic (exact) mass is 452 g/mol. The maximum absolute atomic E-state index is 3.25. The molecule has 0 bridgehead atoms. The summed E-state index contributed by atoms with van der Waals surface area (Å²) in [6.07, 6.45) is 4.97. The molecule has 2 aromatic carbocycles. The van der Waals surface area contributed by atoms with Gasteiger partial charge in [-0.25, -0.2) is 24.3 Å². The van der Waals surface area contributed by atoms with Crippen molar-refractivity contribution in [2.24, 2.45) is 0 Å². The molecule has 0 heterocycles. The first-order valence-corrected chi connectivity index (χ1v) is 7.69. The molecule has 0 radical (unpaired) electrons. The Morgan fingerprint density at radius 2 is 0.857 bits per heavy atom. The molecule has 1 heteroatoms. The summed E-state index contributed by atoms with van der Waals surface area (Å²) in [5.41, 5.74) is 2.93. The van der Waals surface area contributed by atoms with Crippen molar-refractivity contribution in [2.45, 2.75) is 53.4 Å². The van der Waals surface area contributed by atoms with Crippen LogP contribution in [0.4, 0.5) is 0 Å². The van der Waals surface area contributed by atoms with Gasteiger partial charge >= 0.3 is 25.8 Å². The second-order valence-corrected chi connectivity index (χ2v) is 4.09. The van der Waals surface area contributed by atoms with Crippen molar-refractivity contribution >= 4 is 0 Å². The largest absolute Gasteiger partial charge is 4.00 e. The zero-order valence-electron chi connectivity index (χ0n) is 14.4. The molecule has 0 saturated carbocycles. The van der Waals surface area contributed by atoms with E-state index in [9.17, 15) is 0 Å². The van der Waals surface area contributed by atoms with Gasteiger partial charge in [0.2, 0.25) is 0 Å². The van der Waals surface area contributed by atoms with Crippen LogP contribution in [0.15, 0.2) is 48.5 Å². The van der Waals surface area contributed by atoms with E-state index < -0.39 is 0 Å². The Labute approximate surface area is 152 Å². The standard InChI is InChI=1S/2C8H11.2C2H5.Hf/c2*1-2-5-8-6-3-4-7-8;2*1-2;/h2*3-4,6-7H,2,5H2,1H3;2*1H2,2H3;/q4*-1;+4. The Morgan fingerprint density at radius 1 is 0.619 bits per heavy atom. The molecule has 21 heavy (non-hydrogen) atoms. The fraction of sp³-hybridized carbons (Fsp3) is 0.400. The van der Waals surface area contributed by atoms with Gasteiger partial charge in [-0.1, -0.05) is 39.5 Å². The predicted molar refractivity (Wildman–Crippen MR) is 94.1 cm³/mol. The van der Waals surface area contributed by atoms with Crippen LogP contribution < -0.4 is 0 Å². The Hall–Kier alpha value is -0.430. The molecule has 0 aliphatic rings. The normalized spacial score (nSPS) is 7.90. The summed E-state index contributed by atoms with van der Waals surface area (Å²) in [6.45, 7) is 14.4. The van der Waals surface area contributed by atoms with Gasteiger partial charge in [-0.15, -0.1) is 0 Å². The topological polar surface area (TPSA) is 0 Å². The summed E-state index contributed by atoms with van der Waals surface area (Å²) in [7, 11) is 0. The molecular weight excluding hydrogens is 419 g/mol. The molecule has 0 saturated heterocycles. The summed E-state index contributed by atoms with van der Waals surface area (Å²) in [5.74, 6) is 0. The van der Waals surface area contributed by atoms with Crippen LogP contribution in [-0.4, -0.2) is 0 Å². The Balaban J connectivity index is -0.000000240. The van der Waals surface area contributed by atoms with Crippen molar-refractivity contribution in [3.8, 4) is 0 Å². The fourth-order valence-corrected chi connectivity index (χ4v) is 1.74. The first-order valence-electron chi connectivity index (χ1n) is 7.69. The molecule has 0 N–H and O–H groups in total. The molecule has 2 aromatic rings. The van der Waals surface area contributed by atoms with Crippen molar-refractivity contribution in [3.63, 3.8) is 0 Å². The van der Waals surface area contributed by atoms with Gasteiger partial charge in [0, 0.05) is 0 Å². The first kappa shape index (κ1) is 25.5. The van der Waals surface area contributed by atoms with E-state index in [0.717, 1.165) is 0 Å². The van der Waals surface area contributed by atoms with Crippen LogP contribution in [-0.2, 0) is 38.7 Å². The zero-order chi connectivity index (χ0) is 15.6. The molecule has 0 amide bonds. The van der Waals surface area contributed by atoms with E-state index >= 15 is 0 Å². The van der Waals surface area contributed by atoms with E-state index in [1.54, 1.807) is 13.8 Å².